The third-order valence-corrected chi connectivity index (χ3v) is 2.13. The summed E-state index contributed by atoms with van der Waals surface area (Å²) in [4.78, 5) is 11.5. The number of hydrogen-bond donors (Lipinski definition) is 3. The first-order valence-corrected chi connectivity index (χ1v) is 5.89. The van der Waals surface area contributed by atoms with Crippen molar-refractivity contribution in [2.24, 2.45) is 0 Å². The number of carbonyl (C=O) groups excluding carboxylic acids is 1. The molecule has 0 heterocycles. The van der Waals surface area contributed by atoms with E-state index in [4.69, 9.17) is 9.94 Å². The van der Waals surface area contributed by atoms with E-state index >= 15 is 0 Å². The van der Waals surface area contributed by atoms with E-state index in [1.807, 2.05) is 0 Å². The van der Waals surface area contributed by atoms with Crippen LogP contribution in [0.3, 0.4) is 0 Å². The number of nitrogens with zero attached hydrogens (tertiary/aromatic N) is 1. The number of phenols is 1. The second-order valence-electron chi connectivity index (χ2n) is 5.29. The van der Waals surface area contributed by atoms with Crippen LogP contribution >= 0.6 is 0 Å². The van der Waals surface area contributed by atoms with E-state index in [0.29, 0.717) is 11.3 Å². The number of ether oxygens (including phenoxy) is 1. The summed E-state index contributed by atoms with van der Waals surface area (Å²) in [5.41, 5.74) is 0.405. The Morgan fingerprint density at radius 1 is 1.42 bits per heavy atom. The van der Waals surface area contributed by atoms with Gasteiger partial charge in [-0.2, -0.15) is 5.06 Å². The number of benzene rings is 1. The SMILES string of the molecule is CN(O)Cc1ccc(NC(=O)OC(C)(C)C)cc1O. The van der Waals surface area contributed by atoms with Crippen molar-refractivity contribution in [3.8, 4) is 5.75 Å². The number of aromatic hydroxyl groups is 1. The van der Waals surface area contributed by atoms with Crippen LogP contribution in [0, 0.1) is 0 Å². The van der Waals surface area contributed by atoms with Gasteiger partial charge >= 0.3 is 6.09 Å². The second-order valence-corrected chi connectivity index (χ2v) is 5.29. The largest absolute Gasteiger partial charge is 0.508 e. The van der Waals surface area contributed by atoms with E-state index in [1.165, 1.54) is 13.1 Å². The highest BCUT2D eigenvalue weighted by Crippen LogP contribution is 2.23. The first-order valence-electron chi connectivity index (χ1n) is 5.89. The van der Waals surface area contributed by atoms with Crippen LogP contribution < -0.4 is 5.32 Å². The van der Waals surface area contributed by atoms with Crippen molar-refractivity contribution in [1.29, 1.82) is 0 Å². The lowest BCUT2D eigenvalue weighted by Crippen LogP contribution is -2.27. The van der Waals surface area contributed by atoms with Gasteiger partial charge in [0.25, 0.3) is 0 Å². The smallest absolute Gasteiger partial charge is 0.412 e. The van der Waals surface area contributed by atoms with E-state index in [2.05, 4.69) is 5.32 Å². The summed E-state index contributed by atoms with van der Waals surface area (Å²) >= 11 is 0. The lowest BCUT2D eigenvalue weighted by Gasteiger charge is -2.20. The molecule has 0 aromatic heterocycles. The fraction of sp³-hybridized carbons (Fsp3) is 0.462. The van der Waals surface area contributed by atoms with Gasteiger partial charge in [0.05, 0.1) is 6.54 Å². The van der Waals surface area contributed by atoms with Crippen molar-refractivity contribution in [2.45, 2.75) is 32.9 Å². The van der Waals surface area contributed by atoms with E-state index in [-0.39, 0.29) is 12.3 Å². The number of rotatable bonds is 3. The van der Waals surface area contributed by atoms with E-state index < -0.39 is 11.7 Å². The third kappa shape index (κ3) is 5.58. The van der Waals surface area contributed by atoms with Crippen LogP contribution in [-0.4, -0.2) is 34.1 Å². The number of hydroxylamine groups is 2. The first-order chi connectivity index (χ1) is 8.67. The number of anilines is 1. The fourth-order valence-corrected chi connectivity index (χ4v) is 1.44. The molecule has 1 aromatic rings. The zero-order valence-electron chi connectivity index (χ0n) is 11.6. The quantitative estimate of drug-likeness (QED) is 0.734. The molecule has 0 atom stereocenters. The molecular formula is C13H20N2O4. The predicted octanol–water partition coefficient (Wildman–Crippen LogP) is 2.56. The summed E-state index contributed by atoms with van der Waals surface area (Å²) in [6, 6.07) is 4.65. The summed E-state index contributed by atoms with van der Waals surface area (Å²) < 4.78 is 5.10. The maximum absolute atomic E-state index is 11.5. The standard InChI is InChI=1S/C13H20N2O4/c1-13(2,3)19-12(17)14-10-6-5-9(8-15(4)18)11(16)7-10/h5-7,16,18H,8H2,1-4H3,(H,14,17). The van der Waals surface area contributed by atoms with Gasteiger partial charge in [-0.3, -0.25) is 5.32 Å². The molecule has 6 heteroatoms. The van der Waals surface area contributed by atoms with Gasteiger partial charge in [-0.15, -0.1) is 0 Å². The number of nitrogens with one attached hydrogen (secondary N) is 1. The molecule has 0 saturated heterocycles. The molecule has 0 spiro atoms. The lowest BCUT2D eigenvalue weighted by molar-refractivity contribution is -0.0735. The molecule has 0 bridgehead atoms. The van der Waals surface area contributed by atoms with Crippen LogP contribution in [0.1, 0.15) is 26.3 Å². The minimum atomic E-state index is -0.584. The monoisotopic (exact) mass is 268 g/mol. The van der Waals surface area contributed by atoms with E-state index in [9.17, 15) is 9.90 Å². The summed E-state index contributed by atoms with van der Waals surface area (Å²) in [6.45, 7) is 5.50. The molecule has 19 heavy (non-hydrogen) atoms. The van der Waals surface area contributed by atoms with Gasteiger partial charge < -0.3 is 15.1 Å². The molecule has 1 amide bonds. The number of phenolic OH excluding ortho intramolecular Hbond substituents is 1. The molecule has 3 N–H and O–H groups in total. The normalized spacial score (nSPS) is 11.5. The molecule has 0 aliphatic rings. The van der Waals surface area contributed by atoms with Gasteiger partial charge in [0.15, 0.2) is 0 Å². The van der Waals surface area contributed by atoms with Crippen molar-refractivity contribution in [1.82, 2.24) is 5.06 Å². The minimum absolute atomic E-state index is 0.00513. The van der Waals surface area contributed by atoms with Gasteiger partial charge in [-0.25, -0.2) is 4.79 Å². The molecule has 0 saturated carbocycles. The summed E-state index contributed by atoms with van der Waals surface area (Å²) in [6.07, 6.45) is -0.584. The zero-order valence-corrected chi connectivity index (χ0v) is 11.6. The molecule has 106 valence electrons. The average molecular weight is 268 g/mol. The van der Waals surface area contributed by atoms with Crippen LogP contribution in [0.2, 0.25) is 0 Å². The summed E-state index contributed by atoms with van der Waals surface area (Å²) in [5.74, 6) is -0.00513. The van der Waals surface area contributed by atoms with Crippen LogP contribution in [0.4, 0.5) is 10.5 Å². The van der Waals surface area contributed by atoms with Crippen molar-refractivity contribution >= 4 is 11.8 Å². The highest BCUT2D eigenvalue weighted by molar-refractivity contribution is 5.85. The predicted molar refractivity (Wildman–Crippen MR) is 71.2 cm³/mol. The summed E-state index contributed by atoms with van der Waals surface area (Å²) in [5, 5.41) is 22.3. The second kappa shape index (κ2) is 5.90. The van der Waals surface area contributed by atoms with Crippen molar-refractivity contribution < 1.29 is 19.8 Å². The molecule has 0 aliphatic carbocycles. The minimum Gasteiger partial charge on any atom is -0.508 e. The summed E-state index contributed by atoms with van der Waals surface area (Å²) in [7, 11) is 1.48. The number of carbonyl (C=O) groups is 1. The van der Waals surface area contributed by atoms with Gasteiger partial charge in [0.2, 0.25) is 0 Å². The Kier molecular flexibility index (Phi) is 4.74. The molecular weight excluding hydrogens is 248 g/mol. The average Bonchev–Trinajstić information content (AvgIpc) is 2.18. The number of hydrogen-bond acceptors (Lipinski definition) is 5. The maximum atomic E-state index is 11.5. The highest BCUT2D eigenvalue weighted by atomic mass is 16.6. The van der Waals surface area contributed by atoms with Crippen LogP contribution in [0.15, 0.2) is 18.2 Å². The Morgan fingerprint density at radius 3 is 2.53 bits per heavy atom. The fourth-order valence-electron chi connectivity index (χ4n) is 1.44. The molecule has 1 rings (SSSR count). The zero-order chi connectivity index (χ0) is 14.6. The third-order valence-electron chi connectivity index (χ3n) is 2.13. The van der Waals surface area contributed by atoms with Crippen LogP contribution in [0.5, 0.6) is 5.75 Å². The maximum Gasteiger partial charge on any atom is 0.412 e. The number of amides is 1. The molecule has 6 nitrogen and oxygen atoms in total. The van der Waals surface area contributed by atoms with E-state index in [0.717, 1.165) is 5.06 Å². The van der Waals surface area contributed by atoms with Crippen molar-refractivity contribution in [3.63, 3.8) is 0 Å². The lowest BCUT2D eigenvalue weighted by atomic mass is 10.2. The Morgan fingerprint density at radius 2 is 2.05 bits per heavy atom. The Labute approximate surface area is 112 Å². The van der Waals surface area contributed by atoms with E-state index in [1.54, 1.807) is 32.9 Å². The highest BCUT2D eigenvalue weighted by Gasteiger charge is 2.16. The first kappa shape index (κ1) is 15.3. The Balaban J connectivity index is 2.71. The topological polar surface area (TPSA) is 82.0 Å². The molecule has 0 fully saturated rings. The molecule has 0 radical (unpaired) electrons. The Hall–Kier alpha value is -1.79. The van der Waals surface area contributed by atoms with Gasteiger partial charge in [-0.1, -0.05) is 6.07 Å². The van der Waals surface area contributed by atoms with Crippen molar-refractivity contribution in [3.05, 3.63) is 23.8 Å². The molecule has 0 aliphatic heterocycles. The Bertz CT molecular complexity index is 452. The van der Waals surface area contributed by atoms with Gasteiger partial charge in [0.1, 0.15) is 11.4 Å². The van der Waals surface area contributed by atoms with Gasteiger partial charge in [0, 0.05) is 24.4 Å². The van der Waals surface area contributed by atoms with Crippen molar-refractivity contribution in [2.75, 3.05) is 12.4 Å². The molecule has 1 aromatic carbocycles. The molecule has 0 unspecified atom stereocenters. The van der Waals surface area contributed by atoms with Crippen LogP contribution in [0.25, 0.3) is 0 Å². The van der Waals surface area contributed by atoms with Crippen LogP contribution in [-0.2, 0) is 11.3 Å². The van der Waals surface area contributed by atoms with Gasteiger partial charge in [-0.05, 0) is 26.8 Å².